The van der Waals surface area contributed by atoms with Crippen molar-refractivity contribution < 1.29 is 4.79 Å². The monoisotopic (exact) mass is 264 g/mol. The molecule has 0 amide bonds. The summed E-state index contributed by atoms with van der Waals surface area (Å²) in [6.07, 6.45) is 3.77. The Morgan fingerprint density at radius 2 is 1.93 bits per heavy atom. The lowest BCUT2D eigenvalue weighted by Crippen LogP contribution is -2.07. The Labute approximate surface area is 98.3 Å². The number of hydrogen-bond acceptors (Lipinski definition) is 1. The molecule has 15 heavy (non-hydrogen) atoms. The first-order valence-electron chi connectivity index (χ1n) is 5.18. The predicted molar refractivity (Wildman–Crippen MR) is 66.1 cm³/mol. The maximum atomic E-state index is 11.9. The SMILES string of the molecule is CC1/C=C(/Br)c2ccccc2C(=O)CC1. The molecule has 0 saturated carbocycles. The fourth-order valence-electron chi connectivity index (χ4n) is 1.85. The highest BCUT2D eigenvalue weighted by atomic mass is 79.9. The van der Waals surface area contributed by atoms with Gasteiger partial charge in [-0.05, 0) is 17.9 Å². The number of carbonyl (C=O) groups excluding carboxylic acids is 1. The van der Waals surface area contributed by atoms with Crippen molar-refractivity contribution in [3.05, 3.63) is 41.5 Å². The number of Topliss-reactive ketones (excluding diaryl/α,β-unsaturated/α-hetero) is 1. The normalized spacial score (nSPS) is 24.8. The number of halogens is 1. The molecule has 0 radical (unpaired) electrons. The van der Waals surface area contributed by atoms with Crippen LogP contribution in [0.2, 0.25) is 0 Å². The molecule has 2 rings (SSSR count). The molecule has 1 nitrogen and oxygen atoms in total. The minimum Gasteiger partial charge on any atom is -0.294 e. The van der Waals surface area contributed by atoms with Crippen LogP contribution in [0.25, 0.3) is 4.48 Å². The van der Waals surface area contributed by atoms with E-state index in [-0.39, 0.29) is 5.78 Å². The zero-order valence-electron chi connectivity index (χ0n) is 8.66. The van der Waals surface area contributed by atoms with Gasteiger partial charge in [0.05, 0.1) is 0 Å². The van der Waals surface area contributed by atoms with Crippen LogP contribution < -0.4 is 0 Å². The van der Waals surface area contributed by atoms with E-state index in [0.29, 0.717) is 12.3 Å². The van der Waals surface area contributed by atoms with Crippen LogP contribution in [0.15, 0.2) is 30.3 Å². The zero-order valence-corrected chi connectivity index (χ0v) is 10.3. The van der Waals surface area contributed by atoms with Crippen molar-refractivity contribution in [2.24, 2.45) is 5.92 Å². The number of fused-ring (bicyclic) bond motifs is 1. The van der Waals surface area contributed by atoms with Crippen molar-refractivity contribution in [2.75, 3.05) is 0 Å². The molecule has 0 saturated heterocycles. The third kappa shape index (κ3) is 2.20. The Hall–Kier alpha value is -0.890. The summed E-state index contributed by atoms with van der Waals surface area (Å²) in [4.78, 5) is 11.9. The largest absolute Gasteiger partial charge is 0.294 e. The van der Waals surface area contributed by atoms with Crippen molar-refractivity contribution in [2.45, 2.75) is 19.8 Å². The molecule has 1 aliphatic rings. The fourth-order valence-corrected chi connectivity index (χ4v) is 2.65. The van der Waals surface area contributed by atoms with E-state index in [1.807, 2.05) is 24.3 Å². The minimum atomic E-state index is 0.252. The lowest BCUT2D eigenvalue weighted by atomic mass is 9.92. The molecule has 1 unspecified atom stereocenters. The first-order chi connectivity index (χ1) is 7.18. The summed E-state index contributed by atoms with van der Waals surface area (Å²) in [5.41, 5.74) is 1.86. The van der Waals surface area contributed by atoms with Gasteiger partial charge in [0, 0.05) is 16.5 Å². The quantitative estimate of drug-likeness (QED) is 0.692. The molecule has 78 valence electrons. The average Bonchev–Trinajstić information content (AvgIpc) is 2.24. The lowest BCUT2D eigenvalue weighted by molar-refractivity contribution is 0.0976. The van der Waals surface area contributed by atoms with Crippen molar-refractivity contribution in [1.29, 1.82) is 0 Å². The Kier molecular flexibility index (Phi) is 3.06. The van der Waals surface area contributed by atoms with Gasteiger partial charge in [0.15, 0.2) is 5.78 Å². The second kappa shape index (κ2) is 4.31. The van der Waals surface area contributed by atoms with E-state index in [4.69, 9.17) is 0 Å². The van der Waals surface area contributed by atoms with Gasteiger partial charge in [-0.2, -0.15) is 0 Å². The van der Waals surface area contributed by atoms with Crippen LogP contribution in [-0.4, -0.2) is 5.78 Å². The van der Waals surface area contributed by atoms with E-state index in [0.717, 1.165) is 22.0 Å². The summed E-state index contributed by atoms with van der Waals surface area (Å²) in [6.45, 7) is 2.14. The third-order valence-corrected chi connectivity index (χ3v) is 3.43. The maximum absolute atomic E-state index is 11.9. The first kappa shape index (κ1) is 10.6. The van der Waals surface area contributed by atoms with E-state index in [1.54, 1.807) is 0 Å². The molecular weight excluding hydrogens is 252 g/mol. The average molecular weight is 265 g/mol. The highest BCUT2D eigenvalue weighted by molar-refractivity contribution is 9.15. The van der Waals surface area contributed by atoms with Gasteiger partial charge in [-0.25, -0.2) is 0 Å². The molecule has 0 aromatic heterocycles. The predicted octanol–water partition coefficient (Wildman–Crippen LogP) is 4.04. The summed E-state index contributed by atoms with van der Waals surface area (Å²) in [7, 11) is 0. The van der Waals surface area contributed by atoms with Gasteiger partial charge < -0.3 is 0 Å². The lowest BCUT2D eigenvalue weighted by Gasteiger charge is -2.14. The molecule has 0 heterocycles. The van der Waals surface area contributed by atoms with Crippen LogP contribution in [0.1, 0.15) is 35.7 Å². The van der Waals surface area contributed by atoms with E-state index >= 15 is 0 Å². The van der Waals surface area contributed by atoms with Gasteiger partial charge in [-0.15, -0.1) is 0 Å². The first-order valence-corrected chi connectivity index (χ1v) is 5.97. The highest BCUT2D eigenvalue weighted by Gasteiger charge is 2.16. The van der Waals surface area contributed by atoms with E-state index in [1.165, 1.54) is 0 Å². The molecule has 0 aliphatic heterocycles. The van der Waals surface area contributed by atoms with Crippen molar-refractivity contribution in [3.8, 4) is 0 Å². The molecule has 2 heteroatoms. The molecule has 0 spiro atoms. The second-order valence-electron chi connectivity index (χ2n) is 4.00. The zero-order chi connectivity index (χ0) is 10.8. The van der Waals surface area contributed by atoms with Gasteiger partial charge in [-0.3, -0.25) is 4.79 Å². The second-order valence-corrected chi connectivity index (χ2v) is 4.85. The van der Waals surface area contributed by atoms with Crippen LogP contribution in [0.3, 0.4) is 0 Å². The third-order valence-electron chi connectivity index (χ3n) is 2.74. The smallest absolute Gasteiger partial charge is 0.163 e. The summed E-state index contributed by atoms with van der Waals surface area (Å²) < 4.78 is 1.04. The summed E-state index contributed by atoms with van der Waals surface area (Å²) in [5.74, 6) is 0.708. The molecule has 0 fully saturated rings. The number of ketones is 1. The van der Waals surface area contributed by atoms with Crippen LogP contribution in [0.5, 0.6) is 0 Å². The van der Waals surface area contributed by atoms with Gasteiger partial charge in [0.1, 0.15) is 0 Å². The van der Waals surface area contributed by atoms with E-state index < -0.39 is 0 Å². The molecule has 1 aliphatic carbocycles. The Morgan fingerprint density at radius 1 is 1.27 bits per heavy atom. The number of carbonyl (C=O) groups is 1. The number of hydrogen-bond donors (Lipinski definition) is 0. The van der Waals surface area contributed by atoms with E-state index in [2.05, 4.69) is 28.9 Å². The summed E-state index contributed by atoms with van der Waals surface area (Å²) >= 11 is 3.55. The number of benzene rings is 1. The van der Waals surface area contributed by atoms with Gasteiger partial charge in [0.25, 0.3) is 0 Å². The standard InChI is InChI=1S/C13H13BrO/c1-9-6-7-13(15)11-5-3-2-4-10(11)12(14)8-9/h2-5,8-9H,6-7H2,1H3/b12-8+. The molecule has 0 N–H and O–H groups in total. The van der Waals surface area contributed by atoms with Crippen LogP contribution in [-0.2, 0) is 0 Å². The van der Waals surface area contributed by atoms with Crippen molar-refractivity contribution in [1.82, 2.24) is 0 Å². The summed E-state index contributed by atoms with van der Waals surface area (Å²) in [5, 5.41) is 0. The van der Waals surface area contributed by atoms with E-state index in [9.17, 15) is 4.79 Å². The van der Waals surface area contributed by atoms with Gasteiger partial charge in [-0.1, -0.05) is 53.2 Å². The fraction of sp³-hybridized carbons (Fsp3) is 0.308. The highest BCUT2D eigenvalue weighted by Crippen LogP contribution is 2.30. The molecular formula is C13H13BrO. The number of allylic oxidation sites excluding steroid dienone is 1. The van der Waals surface area contributed by atoms with Crippen molar-refractivity contribution >= 4 is 26.2 Å². The molecule has 1 aromatic rings. The Bertz CT molecular complexity index is 420. The molecule has 1 aromatic carbocycles. The minimum absolute atomic E-state index is 0.252. The Balaban J connectivity index is 2.55. The van der Waals surface area contributed by atoms with Gasteiger partial charge >= 0.3 is 0 Å². The maximum Gasteiger partial charge on any atom is 0.163 e. The topological polar surface area (TPSA) is 17.1 Å². The Morgan fingerprint density at radius 3 is 2.67 bits per heavy atom. The van der Waals surface area contributed by atoms with Crippen LogP contribution >= 0.6 is 15.9 Å². The van der Waals surface area contributed by atoms with Crippen LogP contribution in [0.4, 0.5) is 0 Å². The molecule has 1 atom stereocenters. The summed E-state index contributed by atoms with van der Waals surface area (Å²) in [6, 6.07) is 7.78. The van der Waals surface area contributed by atoms with Crippen molar-refractivity contribution in [3.63, 3.8) is 0 Å². The molecule has 0 bridgehead atoms. The van der Waals surface area contributed by atoms with Gasteiger partial charge in [0.2, 0.25) is 0 Å². The number of rotatable bonds is 0. The van der Waals surface area contributed by atoms with Crippen LogP contribution in [0, 0.1) is 5.92 Å².